The highest BCUT2D eigenvalue weighted by Crippen LogP contribution is 2.36. The van der Waals surface area contributed by atoms with Crippen LogP contribution in [-0.4, -0.2) is 24.0 Å². The number of aromatic nitrogens is 1. The van der Waals surface area contributed by atoms with Crippen LogP contribution in [0.25, 0.3) is 0 Å². The van der Waals surface area contributed by atoms with Crippen LogP contribution in [0.2, 0.25) is 0 Å². The van der Waals surface area contributed by atoms with Crippen molar-refractivity contribution in [2.75, 3.05) is 18.1 Å². The number of nitrogen functional groups attached to an aromatic ring is 1. The normalized spacial score (nSPS) is 14.1. The van der Waals surface area contributed by atoms with Gasteiger partial charge in [0.05, 0.1) is 24.2 Å². The van der Waals surface area contributed by atoms with Gasteiger partial charge in [-0.25, -0.2) is 0 Å². The highest BCUT2D eigenvalue weighted by Gasteiger charge is 2.20. The second-order valence-electron chi connectivity index (χ2n) is 4.63. The highest BCUT2D eigenvalue weighted by atomic mass is 16.5. The number of hydrogen-bond donors (Lipinski definition) is 2. The van der Waals surface area contributed by atoms with E-state index in [9.17, 15) is 0 Å². The van der Waals surface area contributed by atoms with Crippen molar-refractivity contribution in [1.82, 2.24) is 4.98 Å². The summed E-state index contributed by atoms with van der Waals surface area (Å²) in [5.41, 5.74) is 8.20. The second kappa shape index (κ2) is 5.21. The standard InChI is InChI=1S/C15H16N4O/c16-15(17)11-6-7-18-10-13(11)19-8-3-9-20-14-5-2-1-4-12(14)19/h1-2,4-7,10H,3,8-9H2,(H3,16,17). The fourth-order valence-electron chi connectivity index (χ4n) is 2.41. The molecule has 0 atom stereocenters. The molecule has 1 aromatic carbocycles. The van der Waals surface area contributed by atoms with E-state index >= 15 is 0 Å². The Balaban J connectivity index is 2.13. The smallest absolute Gasteiger partial charge is 0.142 e. The first-order chi connectivity index (χ1) is 9.77. The summed E-state index contributed by atoms with van der Waals surface area (Å²) in [7, 11) is 0. The van der Waals surface area contributed by atoms with Crippen molar-refractivity contribution in [3.05, 3.63) is 48.3 Å². The van der Waals surface area contributed by atoms with Gasteiger partial charge in [-0.3, -0.25) is 10.4 Å². The zero-order valence-electron chi connectivity index (χ0n) is 11.0. The van der Waals surface area contributed by atoms with Crippen molar-refractivity contribution in [3.63, 3.8) is 0 Å². The molecule has 3 rings (SSSR count). The minimum Gasteiger partial charge on any atom is -0.491 e. The summed E-state index contributed by atoms with van der Waals surface area (Å²) in [5, 5.41) is 7.73. The molecule has 1 aromatic heterocycles. The van der Waals surface area contributed by atoms with Gasteiger partial charge in [-0.2, -0.15) is 0 Å². The van der Waals surface area contributed by atoms with Gasteiger partial charge in [-0.1, -0.05) is 12.1 Å². The van der Waals surface area contributed by atoms with E-state index in [2.05, 4.69) is 9.88 Å². The van der Waals surface area contributed by atoms with E-state index in [1.54, 1.807) is 18.5 Å². The molecule has 3 N–H and O–H groups in total. The maximum Gasteiger partial charge on any atom is 0.142 e. The van der Waals surface area contributed by atoms with E-state index in [4.69, 9.17) is 15.9 Å². The van der Waals surface area contributed by atoms with E-state index in [1.165, 1.54) is 0 Å². The van der Waals surface area contributed by atoms with Crippen LogP contribution in [0.15, 0.2) is 42.7 Å². The molecule has 0 spiro atoms. The molecule has 0 fully saturated rings. The summed E-state index contributed by atoms with van der Waals surface area (Å²) >= 11 is 0. The highest BCUT2D eigenvalue weighted by molar-refractivity contribution is 6.01. The summed E-state index contributed by atoms with van der Waals surface area (Å²) in [4.78, 5) is 6.29. The summed E-state index contributed by atoms with van der Waals surface area (Å²) in [6.45, 7) is 1.49. The topological polar surface area (TPSA) is 75.2 Å². The molecule has 1 aliphatic heterocycles. The van der Waals surface area contributed by atoms with E-state index in [-0.39, 0.29) is 5.84 Å². The first kappa shape index (κ1) is 12.5. The van der Waals surface area contributed by atoms with Gasteiger partial charge in [0.25, 0.3) is 0 Å². The predicted octanol–water partition coefficient (Wildman–Crippen LogP) is 2.29. The van der Waals surface area contributed by atoms with Gasteiger partial charge >= 0.3 is 0 Å². The zero-order chi connectivity index (χ0) is 13.9. The Bertz CT molecular complexity index is 641. The number of fused-ring (bicyclic) bond motifs is 1. The summed E-state index contributed by atoms with van der Waals surface area (Å²) in [6, 6.07) is 9.67. The lowest BCUT2D eigenvalue weighted by atomic mass is 10.1. The Morgan fingerprint density at radius 3 is 2.95 bits per heavy atom. The molecule has 102 valence electrons. The Labute approximate surface area is 117 Å². The van der Waals surface area contributed by atoms with Crippen LogP contribution in [-0.2, 0) is 0 Å². The average Bonchev–Trinajstić information content (AvgIpc) is 2.69. The van der Waals surface area contributed by atoms with Gasteiger partial charge in [0.15, 0.2) is 0 Å². The number of nitrogens with zero attached hydrogens (tertiary/aromatic N) is 2. The van der Waals surface area contributed by atoms with Crippen LogP contribution >= 0.6 is 0 Å². The summed E-state index contributed by atoms with van der Waals surface area (Å²) < 4.78 is 5.75. The predicted molar refractivity (Wildman–Crippen MR) is 78.8 cm³/mol. The Morgan fingerprint density at radius 1 is 1.25 bits per heavy atom. The Morgan fingerprint density at radius 2 is 2.10 bits per heavy atom. The molecule has 5 nitrogen and oxygen atoms in total. The molecule has 0 saturated carbocycles. The quantitative estimate of drug-likeness (QED) is 0.647. The molecule has 0 radical (unpaired) electrons. The molecular weight excluding hydrogens is 252 g/mol. The number of rotatable bonds is 2. The van der Waals surface area contributed by atoms with Crippen molar-refractivity contribution >= 4 is 17.2 Å². The maximum atomic E-state index is 7.73. The van der Waals surface area contributed by atoms with Crippen molar-refractivity contribution in [2.45, 2.75) is 6.42 Å². The first-order valence-electron chi connectivity index (χ1n) is 6.55. The van der Waals surface area contributed by atoms with Crippen LogP contribution < -0.4 is 15.4 Å². The summed E-state index contributed by atoms with van der Waals surface area (Å²) in [5.74, 6) is 0.897. The number of para-hydroxylation sites is 2. The Hall–Kier alpha value is -2.56. The largest absolute Gasteiger partial charge is 0.491 e. The molecular formula is C15H16N4O. The number of nitrogens with one attached hydrogen (secondary N) is 1. The van der Waals surface area contributed by atoms with Crippen molar-refractivity contribution < 1.29 is 4.74 Å². The van der Waals surface area contributed by atoms with Crippen LogP contribution in [0.3, 0.4) is 0 Å². The van der Waals surface area contributed by atoms with Gasteiger partial charge in [-0.15, -0.1) is 0 Å². The van der Waals surface area contributed by atoms with Crippen LogP contribution in [0.4, 0.5) is 11.4 Å². The van der Waals surface area contributed by atoms with Gasteiger partial charge in [-0.05, 0) is 24.6 Å². The first-order valence-corrected chi connectivity index (χ1v) is 6.55. The molecule has 2 heterocycles. The van der Waals surface area contributed by atoms with Crippen LogP contribution in [0.1, 0.15) is 12.0 Å². The number of anilines is 2. The molecule has 0 unspecified atom stereocenters. The number of hydrogen-bond acceptors (Lipinski definition) is 4. The SMILES string of the molecule is N=C(N)c1ccncc1N1CCCOc2ccccc21. The summed E-state index contributed by atoms with van der Waals surface area (Å²) in [6.07, 6.45) is 4.31. The molecule has 20 heavy (non-hydrogen) atoms. The minimum absolute atomic E-state index is 0.0463. The third-order valence-corrected chi connectivity index (χ3v) is 3.32. The molecule has 2 aromatic rings. The van der Waals surface area contributed by atoms with Crippen molar-refractivity contribution in [3.8, 4) is 5.75 Å². The molecule has 0 aliphatic carbocycles. The maximum absolute atomic E-state index is 7.73. The molecule has 0 saturated heterocycles. The lowest BCUT2D eigenvalue weighted by Crippen LogP contribution is -2.23. The van der Waals surface area contributed by atoms with Crippen LogP contribution in [0, 0.1) is 5.41 Å². The van der Waals surface area contributed by atoms with E-state index in [0.29, 0.717) is 12.2 Å². The van der Waals surface area contributed by atoms with Crippen molar-refractivity contribution in [2.24, 2.45) is 5.73 Å². The lowest BCUT2D eigenvalue weighted by molar-refractivity contribution is 0.322. The molecule has 0 bridgehead atoms. The van der Waals surface area contributed by atoms with E-state index < -0.39 is 0 Å². The number of nitrogens with two attached hydrogens (primary N) is 1. The lowest BCUT2D eigenvalue weighted by Gasteiger charge is -2.25. The molecule has 0 amide bonds. The number of pyridine rings is 1. The fourth-order valence-corrected chi connectivity index (χ4v) is 2.41. The van der Waals surface area contributed by atoms with Crippen molar-refractivity contribution in [1.29, 1.82) is 5.41 Å². The average molecular weight is 268 g/mol. The van der Waals surface area contributed by atoms with E-state index in [0.717, 1.165) is 30.1 Å². The molecule has 1 aliphatic rings. The number of benzene rings is 1. The van der Waals surface area contributed by atoms with Gasteiger partial charge in [0.1, 0.15) is 11.6 Å². The third kappa shape index (κ3) is 2.18. The third-order valence-electron chi connectivity index (χ3n) is 3.32. The Kier molecular flexibility index (Phi) is 3.25. The molecule has 5 heteroatoms. The minimum atomic E-state index is 0.0463. The second-order valence-corrected chi connectivity index (χ2v) is 4.63. The van der Waals surface area contributed by atoms with Gasteiger partial charge < -0.3 is 15.4 Å². The monoisotopic (exact) mass is 268 g/mol. The fraction of sp³-hybridized carbons (Fsp3) is 0.200. The van der Waals surface area contributed by atoms with E-state index in [1.807, 2.05) is 24.3 Å². The van der Waals surface area contributed by atoms with Gasteiger partial charge in [0, 0.05) is 18.3 Å². The van der Waals surface area contributed by atoms with Gasteiger partial charge in [0.2, 0.25) is 0 Å². The van der Waals surface area contributed by atoms with Crippen LogP contribution in [0.5, 0.6) is 5.75 Å². The number of ether oxygens (including phenoxy) is 1. The number of amidine groups is 1. The zero-order valence-corrected chi connectivity index (χ0v) is 11.0.